The van der Waals surface area contributed by atoms with Gasteiger partial charge in [0.25, 0.3) is 0 Å². The summed E-state index contributed by atoms with van der Waals surface area (Å²) in [5, 5.41) is 0. The molecule has 1 aromatic heterocycles. The highest BCUT2D eigenvalue weighted by molar-refractivity contribution is 5.41. The number of ether oxygens (including phenoxy) is 1. The minimum Gasteiger partial charge on any atom is -0.495 e. The Labute approximate surface area is 110 Å². The number of hydrogen-bond donors (Lipinski definition) is 1. The van der Waals surface area contributed by atoms with Crippen LogP contribution in [0, 0.1) is 5.41 Å². The number of anilines is 1. The van der Waals surface area contributed by atoms with E-state index in [4.69, 9.17) is 10.5 Å². The zero-order valence-corrected chi connectivity index (χ0v) is 11.9. The van der Waals surface area contributed by atoms with Crippen LogP contribution in [-0.4, -0.2) is 31.7 Å². The summed E-state index contributed by atoms with van der Waals surface area (Å²) in [5.41, 5.74) is 5.90. The van der Waals surface area contributed by atoms with Crippen molar-refractivity contribution in [2.75, 3.05) is 31.6 Å². The van der Waals surface area contributed by atoms with Crippen LogP contribution in [-0.2, 0) is 0 Å². The van der Waals surface area contributed by atoms with Crippen LogP contribution in [0.1, 0.15) is 27.2 Å². The van der Waals surface area contributed by atoms with Gasteiger partial charge in [-0.3, -0.25) is 0 Å². The molecular formula is C14H25N3O. The van der Waals surface area contributed by atoms with Crippen molar-refractivity contribution in [2.45, 2.75) is 27.2 Å². The first-order chi connectivity index (χ1) is 8.52. The van der Waals surface area contributed by atoms with E-state index in [0.29, 0.717) is 6.54 Å². The van der Waals surface area contributed by atoms with Crippen LogP contribution in [0.2, 0.25) is 0 Å². The largest absolute Gasteiger partial charge is 0.495 e. The first-order valence-corrected chi connectivity index (χ1v) is 6.47. The standard InChI is InChI=1S/C14H25N3O/c1-5-8-17(11-14(2,3)10-15)13-7-6-12(18-4)9-16-13/h6-7,9H,5,8,10-11,15H2,1-4H3. The molecular weight excluding hydrogens is 226 g/mol. The van der Waals surface area contributed by atoms with Crippen molar-refractivity contribution >= 4 is 5.82 Å². The second kappa shape index (κ2) is 6.59. The van der Waals surface area contributed by atoms with E-state index in [-0.39, 0.29) is 5.41 Å². The monoisotopic (exact) mass is 251 g/mol. The molecule has 0 atom stereocenters. The summed E-state index contributed by atoms with van der Waals surface area (Å²) in [7, 11) is 1.65. The topological polar surface area (TPSA) is 51.4 Å². The van der Waals surface area contributed by atoms with E-state index in [1.54, 1.807) is 13.3 Å². The van der Waals surface area contributed by atoms with Crippen molar-refractivity contribution in [1.29, 1.82) is 0 Å². The smallest absolute Gasteiger partial charge is 0.137 e. The van der Waals surface area contributed by atoms with E-state index in [1.165, 1.54) is 0 Å². The molecule has 2 N–H and O–H groups in total. The van der Waals surface area contributed by atoms with Gasteiger partial charge in [0.15, 0.2) is 0 Å². The van der Waals surface area contributed by atoms with Gasteiger partial charge in [-0.15, -0.1) is 0 Å². The molecule has 102 valence electrons. The van der Waals surface area contributed by atoms with Gasteiger partial charge in [0.1, 0.15) is 11.6 Å². The molecule has 0 saturated carbocycles. The third kappa shape index (κ3) is 4.18. The molecule has 0 aliphatic heterocycles. The third-order valence-electron chi connectivity index (χ3n) is 2.95. The normalized spacial score (nSPS) is 11.4. The van der Waals surface area contributed by atoms with E-state index in [0.717, 1.165) is 31.1 Å². The predicted octanol–water partition coefficient (Wildman–Crippen LogP) is 2.29. The first-order valence-electron chi connectivity index (χ1n) is 6.47. The lowest BCUT2D eigenvalue weighted by Gasteiger charge is -2.32. The van der Waals surface area contributed by atoms with Crippen molar-refractivity contribution in [3.05, 3.63) is 18.3 Å². The molecule has 4 heteroatoms. The second-order valence-corrected chi connectivity index (χ2v) is 5.35. The molecule has 0 aromatic carbocycles. The summed E-state index contributed by atoms with van der Waals surface area (Å²) in [6.07, 6.45) is 2.85. The van der Waals surface area contributed by atoms with Crippen LogP contribution in [0.25, 0.3) is 0 Å². The van der Waals surface area contributed by atoms with Gasteiger partial charge < -0.3 is 15.4 Å². The summed E-state index contributed by atoms with van der Waals surface area (Å²) in [5.74, 6) is 1.77. The molecule has 0 radical (unpaired) electrons. The lowest BCUT2D eigenvalue weighted by molar-refractivity contribution is 0.376. The molecule has 18 heavy (non-hydrogen) atoms. The van der Waals surface area contributed by atoms with Crippen LogP contribution in [0.4, 0.5) is 5.82 Å². The molecule has 0 spiro atoms. The average molecular weight is 251 g/mol. The maximum atomic E-state index is 5.81. The molecule has 0 unspecified atom stereocenters. The van der Waals surface area contributed by atoms with E-state index in [2.05, 4.69) is 30.7 Å². The summed E-state index contributed by atoms with van der Waals surface area (Å²) in [6, 6.07) is 3.95. The third-order valence-corrected chi connectivity index (χ3v) is 2.95. The Bertz CT molecular complexity index is 349. The van der Waals surface area contributed by atoms with E-state index in [1.807, 2.05) is 12.1 Å². The van der Waals surface area contributed by atoms with Crippen LogP contribution in [0.3, 0.4) is 0 Å². The summed E-state index contributed by atoms with van der Waals surface area (Å²) < 4.78 is 5.13. The van der Waals surface area contributed by atoms with Crippen LogP contribution >= 0.6 is 0 Å². The number of nitrogens with two attached hydrogens (primary N) is 1. The van der Waals surface area contributed by atoms with Crippen LogP contribution in [0.5, 0.6) is 5.75 Å². The highest BCUT2D eigenvalue weighted by Crippen LogP contribution is 2.21. The molecule has 0 bridgehead atoms. The molecule has 0 fully saturated rings. The van der Waals surface area contributed by atoms with Gasteiger partial charge in [-0.2, -0.15) is 0 Å². The first kappa shape index (κ1) is 14.8. The van der Waals surface area contributed by atoms with Crippen molar-refractivity contribution in [1.82, 2.24) is 4.98 Å². The fourth-order valence-corrected chi connectivity index (χ4v) is 1.81. The van der Waals surface area contributed by atoms with Gasteiger partial charge in [-0.05, 0) is 30.5 Å². The SMILES string of the molecule is CCCN(CC(C)(C)CN)c1ccc(OC)cn1. The van der Waals surface area contributed by atoms with Crippen molar-refractivity contribution < 1.29 is 4.74 Å². The number of hydrogen-bond acceptors (Lipinski definition) is 4. The number of nitrogens with zero attached hydrogens (tertiary/aromatic N) is 2. The number of pyridine rings is 1. The Hall–Kier alpha value is -1.29. The lowest BCUT2D eigenvalue weighted by Crippen LogP contribution is -2.39. The van der Waals surface area contributed by atoms with Crippen LogP contribution < -0.4 is 15.4 Å². The Morgan fingerprint density at radius 2 is 2.11 bits per heavy atom. The highest BCUT2D eigenvalue weighted by Gasteiger charge is 2.20. The molecule has 0 aliphatic rings. The zero-order chi connectivity index (χ0) is 13.6. The predicted molar refractivity (Wildman–Crippen MR) is 76.1 cm³/mol. The summed E-state index contributed by atoms with van der Waals surface area (Å²) in [4.78, 5) is 6.73. The fraction of sp³-hybridized carbons (Fsp3) is 0.643. The number of rotatable bonds is 7. The Balaban J connectivity index is 2.82. The average Bonchev–Trinajstić information content (AvgIpc) is 2.38. The van der Waals surface area contributed by atoms with Gasteiger partial charge in [0, 0.05) is 13.1 Å². The molecule has 0 amide bonds. The minimum atomic E-state index is 0.0940. The molecule has 4 nitrogen and oxygen atoms in total. The Morgan fingerprint density at radius 3 is 2.56 bits per heavy atom. The minimum absolute atomic E-state index is 0.0940. The quantitative estimate of drug-likeness (QED) is 0.808. The lowest BCUT2D eigenvalue weighted by atomic mass is 9.93. The van der Waals surface area contributed by atoms with E-state index < -0.39 is 0 Å². The van der Waals surface area contributed by atoms with Gasteiger partial charge in [0.05, 0.1) is 13.3 Å². The van der Waals surface area contributed by atoms with Crippen molar-refractivity contribution in [3.8, 4) is 5.75 Å². The summed E-state index contributed by atoms with van der Waals surface area (Å²) >= 11 is 0. The Kier molecular flexibility index (Phi) is 5.41. The molecule has 1 heterocycles. The summed E-state index contributed by atoms with van der Waals surface area (Å²) in [6.45, 7) is 9.10. The van der Waals surface area contributed by atoms with E-state index >= 15 is 0 Å². The van der Waals surface area contributed by atoms with E-state index in [9.17, 15) is 0 Å². The van der Waals surface area contributed by atoms with Crippen molar-refractivity contribution in [2.24, 2.45) is 11.1 Å². The maximum absolute atomic E-state index is 5.81. The number of methoxy groups -OCH3 is 1. The Morgan fingerprint density at radius 1 is 1.39 bits per heavy atom. The fourth-order valence-electron chi connectivity index (χ4n) is 1.81. The molecule has 1 rings (SSSR count). The second-order valence-electron chi connectivity index (χ2n) is 5.35. The van der Waals surface area contributed by atoms with Crippen molar-refractivity contribution in [3.63, 3.8) is 0 Å². The molecule has 0 aliphatic carbocycles. The van der Waals surface area contributed by atoms with Gasteiger partial charge in [0.2, 0.25) is 0 Å². The highest BCUT2D eigenvalue weighted by atomic mass is 16.5. The zero-order valence-electron chi connectivity index (χ0n) is 11.9. The number of aromatic nitrogens is 1. The van der Waals surface area contributed by atoms with Gasteiger partial charge in [-0.1, -0.05) is 20.8 Å². The molecule has 1 aromatic rings. The maximum Gasteiger partial charge on any atom is 0.137 e. The van der Waals surface area contributed by atoms with Gasteiger partial charge in [-0.25, -0.2) is 4.98 Å². The van der Waals surface area contributed by atoms with Gasteiger partial charge >= 0.3 is 0 Å². The molecule has 0 saturated heterocycles. The van der Waals surface area contributed by atoms with Crippen LogP contribution in [0.15, 0.2) is 18.3 Å².